The van der Waals surface area contributed by atoms with Gasteiger partial charge in [-0.25, -0.2) is 0 Å². The minimum absolute atomic E-state index is 0.931. The molecule has 0 saturated carbocycles. The van der Waals surface area contributed by atoms with Crippen molar-refractivity contribution in [2.75, 3.05) is 14.2 Å². The molecule has 2 rings (SSSR count). The van der Waals surface area contributed by atoms with Gasteiger partial charge in [-0.15, -0.1) is 0 Å². The number of methoxy groups -OCH3 is 2. The molecule has 116 valence electrons. The minimum atomic E-state index is 0.931. The summed E-state index contributed by atoms with van der Waals surface area (Å²) in [5, 5.41) is 0. The second-order valence-corrected chi connectivity index (χ2v) is 5.70. The van der Waals surface area contributed by atoms with Crippen molar-refractivity contribution in [3.63, 3.8) is 0 Å². The second kappa shape index (κ2) is 7.17. The summed E-state index contributed by atoms with van der Waals surface area (Å²) in [7, 11) is 3.41. The Morgan fingerprint density at radius 3 is 2.05 bits per heavy atom. The minimum Gasteiger partial charge on any atom is -0.496 e. The van der Waals surface area contributed by atoms with Crippen LogP contribution in [-0.2, 0) is 6.42 Å². The van der Waals surface area contributed by atoms with Crippen LogP contribution < -0.4 is 9.47 Å². The van der Waals surface area contributed by atoms with E-state index in [0.717, 1.165) is 23.5 Å². The third-order valence-corrected chi connectivity index (χ3v) is 3.77. The van der Waals surface area contributed by atoms with Crippen LogP contribution >= 0.6 is 0 Å². The van der Waals surface area contributed by atoms with Crippen molar-refractivity contribution in [1.29, 1.82) is 0 Å². The summed E-state index contributed by atoms with van der Waals surface area (Å²) in [5.74, 6) is 1.87. The largest absolute Gasteiger partial charge is 0.496 e. The standard InChI is InChI=1S/C20H24O2/c1-14(10-17-6-8-19(21-4)15(2)12-17)11-18-7-9-20(22-5)16(3)13-18/h6-10,12-13H,11H2,1-5H3/b14-10-. The SMILES string of the molecule is COc1ccc(/C=C(/C)Cc2ccc(OC)c(C)c2)cc1C. The molecule has 0 amide bonds. The van der Waals surface area contributed by atoms with E-state index < -0.39 is 0 Å². The maximum absolute atomic E-state index is 5.31. The van der Waals surface area contributed by atoms with Crippen molar-refractivity contribution in [3.05, 3.63) is 64.2 Å². The average molecular weight is 296 g/mol. The lowest BCUT2D eigenvalue weighted by atomic mass is 10.0. The Morgan fingerprint density at radius 1 is 0.909 bits per heavy atom. The van der Waals surface area contributed by atoms with Crippen LogP contribution in [0.5, 0.6) is 11.5 Å². The van der Waals surface area contributed by atoms with Gasteiger partial charge >= 0.3 is 0 Å². The molecule has 0 saturated heterocycles. The normalized spacial score (nSPS) is 11.4. The number of hydrogen-bond donors (Lipinski definition) is 0. The molecule has 0 aliphatic heterocycles. The van der Waals surface area contributed by atoms with Crippen molar-refractivity contribution in [1.82, 2.24) is 0 Å². The van der Waals surface area contributed by atoms with E-state index >= 15 is 0 Å². The lowest BCUT2D eigenvalue weighted by molar-refractivity contribution is 0.411. The molecule has 0 aliphatic rings. The quantitative estimate of drug-likeness (QED) is 0.776. The predicted molar refractivity (Wildman–Crippen MR) is 92.8 cm³/mol. The maximum atomic E-state index is 5.31. The number of ether oxygens (including phenoxy) is 2. The van der Waals surface area contributed by atoms with Gasteiger partial charge in [-0.3, -0.25) is 0 Å². The summed E-state index contributed by atoms with van der Waals surface area (Å²) in [6, 6.07) is 12.6. The van der Waals surface area contributed by atoms with Crippen LogP contribution in [0, 0.1) is 13.8 Å². The highest BCUT2D eigenvalue weighted by molar-refractivity contribution is 5.56. The third kappa shape index (κ3) is 3.91. The first kappa shape index (κ1) is 16.2. The van der Waals surface area contributed by atoms with Gasteiger partial charge in [0.25, 0.3) is 0 Å². The van der Waals surface area contributed by atoms with Crippen LogP contribution in [0.1, 0.15) is 29.2 Å². The van der Waals surface area contributed by atoms with Gasteiger partial charge in [0, 0.05) is 0 Å². The van der Waals surface area contributed by atoms with Crippen LogP contribution in [-0.4, -0.2) is 14.2 Å². The molecular formula is C20H24O2. The number of hydrogen-bond acceptors (Lipinski definition) is 2. The molecular weight excluding hydrogens is 272 g/mol. The zero-order valence-corrected chi connectivity index (χ0v) is 14.1. The van der Waals surface area contributed by atoms with Gasteiger partial charge in [0.05, 0.1) is 14.2 Å². The molecule has 0 aromatic heterocycles. The third-order valence-electron chi connectivity index (χ3n) is 3.77. The number of aryl methyl sites for hydroxylation is 2. The first-order chi connectivity index (χ1) is 10.5. The van der Waals surface area contributed by atoms with Crippen LogP contribution in [0.2, 0.25) is 0 Å². The lowest BCUT2D eigenvalue weighted by Gasteiger charge is -2.09. The van der Waals surface area contributed by atoms with Crippen molar-refractivity contribution in [2.24, 2.45) is 0 Å². The van der Waals surface area contributed by atoms with Gasteiger partial charge in [0.2, 0.25) is 0 Å². The fraction of sp³-hybridized carbons (Fsp3) is 0.300. The molecule has 0 aliphatic carbocycles. The Bertz CT molecular complexity index is 684. The highest BCUT2D eigenvalue weighted by Crippen LogP contribution is 2.23. The summed E-state index contributed by atoms with van der Waals surface area (Å²) < 4.78 is 10.6. The molecule has 2 nitrogen and oxygen atoms in total. The molecule has 0 unspecified atom stereocenters. The fourth-order valence-electron chi connectivity index (χ4n) is 2.70. The topological polar surface area (TPSA) is 18.5 Å². The van der Waals surface area contributed by atoms with E-state index in [1.54, 1.807) is 14.2 Å². The molecule has 2 heteroatoms. The van der Waals surface area contributed by atoms with E-state index in [4.69, 9.17) is 9.47 Å². The Labute approximate surface area is 133 Å². The first-order valence-electron chi connectivity index (χ1n) is 7.49. The Morgan fingerprint density at radius 2 is 1.50 bits per heavy atom. The average Bonchev–Trinajstić information content (AvgIpc) is 2.47. The zero-order valence-electron chi connectivity index (χ0n) is 14.1. The maximum Gasteiger partial charge on any atom is 0.121 e. The van der Waals surface area contributed by atoms with E-state index in [9.17, 15) is 0 Å². The van der Waals surface area contributed by atoms with Crippen molar-refractivity contribution in [2.45, 2.75) is 27.2 Å². The van der Waals surface area contributed by atoms with Gasteiger partial charge in [0.1, 0.15) is 11.5 Å². The van der Waals surface area contributed by atoms with Gasteiger partial charge in [-0.05, 0) is 67.6 Å². The number of allylic oxidation sites excluding steroid dienone is 1. The van der Waals surface area contributed by atoms with Crippen molar-refractivity contribution in [3.8, 4) is 11.5 Å². The molecule has 0 atom stereocenters. The van der Waals surface area contributed by atoms with Crippen molar-refractivity contribution >= 4 is 6.08 Å². The highest BCUT2D eigenvalue weighted by Gasteiger charge is 2.02. The zero-order chi connectivity index (χ0) is 16.1. The fourth-order valence-corrected chi connectivity index (χ4v) is 2.70. The molecule has 0 bridgehead atoms. The Kier molecular flexibility index (Phi) is 5.26. The van der Waals surface area contributed by atoms with Crippen LogP contribution in [0.3, 0.4) is 0 Å². The van der Waals surface area contributed by atoms with Crippen LogP contribution in [0.4, 0.5) is 0 Å². The first-order valence-corrected chi connectivity index (χ1v) is 7.49. The van der Waals surface area contributed by atoms with E-state index in [-0.39, 0.29) is 0 Å². The molecule has 2 aromatic rings. The van der Waals surface area contributed by atoms with E-state index in [2.05, 4.69) is 51.1 Å². The summed E-state index contributed by atoms with van der Waals surface area (Å²) in [5.41, 5.74) is 6.17. The lowest BCUT2D eigenvalue weighted by Crippen LogP contribution is -1.92. The van der Waals surface area contributed by atoms with Gasteiger partial charge < -0.3 is 9.47 Å². The van der Waals surface area contributed by atoms with E-state index in [1.807, 2.05) is 12.1 Å². The second-order valence-electron chi connectivity index (χ2n) is 5.70. The Balaban J connectivity index is 2.16. The monoisotopic (exact) mass is 296 g/mol. The Hall–Kier alpha value is -2.22. The smallest absolute Gasteiger partial charge is 0.121 e. The number of benzene rings is 2. The molecule has 0 spiro atoms. The summed E-state index contributed by atoms with van der Waals surface area (Å²) >= 11 is 0. The van der Waals surface area contributed by atoms with Crippen molar-refractivity contribution < 1.29 is 9.47 Å². The molecule has 0 N–H and O–H groups in total. The van der Waals surface area contributed by atoms with E-state index in [1.165, 1.54) is 22.3 Å². The molecule has 0 fully saturated rings. The predicted octanol–water partition coefficient (Wildman–Crippen LogP) is 4.97. The highest BCUT2D eigenvalue weighted by atomic mass is 16.5. The summed E-state index contributed by atoms with van der Waals surface area (Å²) in [6.07, 6.45) is 3.17. The van der Waals surface area contributed by atoms with Gasteiger partial charge in [-0.2, -0.15) is 0 Å². The molecule has 22 heavy (non-hydrogen) atoms. The summed E-state index contributed by atoms with van der Waals surface area (Å²) in [6.45, 7) is 6.31. The van der Waals surface area contributed by atoms with Crippen LogP contribution in [0.15, 0.2) is 42.0 Å². The van der Waals surface area contributed by atoms with Gasteiger partial charge in [0.15, 0.2) is 0 Å². The summed E-state index contributed by atoms with van der Waals surface area (Å²) in [4.78, 5) is 0. The van der Waals surface area contributed by atoms with Crippen LogP contribution in [0.25, 0.3) is 6.08 Å². The molecule has 2 aromatic carbocycles. The van der Waals surface area contributed by atoms with Gasteiger partial charge in [-0.1, -0.05) is 29.8 Å². The van der Waals surface area contributed by atoms with E-state index in [0.29, 0.717) is 0 Å². The number of rotatable bonds is 5. The molecule has 0 radical (unpaired) electrons. The molecule has 0 heterocycles.